The van der Waals surface area contributed by atoms with E-state index >= 15 is 0 Å². The first-order chi connectivity index (χ1) is 8.24. The lowest BCUT2D eigenvalue weighted by atomic mass is 9.86. The summed E-state index contributed by atoms with van der Waals surface area (Å²) in [6.45, 7) is 8.16. The van der Waals surface area contributed by atoms with Gasteiger partial charge in [-0.3, -0.25) is 0 Å². The van der Waals surface area contributed by atoms with Crippen LogP contribution in [0.4, 0.5) is 0 Å². The van der Waals surface area contributed by atoms with Gasteiger partial charge in [-0.15, -0.1) is 0 Å². The minimum Gasteiger partial charge on any atom is -0.310 e. The third-order valence-electron chi connectivity index (χ3n) is 4.30. The van der Waals surface area contributed by atoms with Gasteiger partial charge in [-0.1, -0.05) is 45.0 Å². The van der Waals surface area contributed by atoms with E-state index in [0.29, 0.717) is 6.04 Å². The molecule has 0 amide bonds. The third-order valence-corrected chi connectivity index (χ3v) is 4.30. The Hall–Kier alpha value is -0.820. The van der Waals surface area contributed by atoms with Crippen molar-refractivity contribution in [2.24, 2.45) is 11.8 Å². The van der Waals surface area contributed by atoms with Crippen molar-refractivity contribution in [3.05, 3.63) is 35.4 Å². The summed E-state index contributed by atoms with van der Waals surface area (Å²) in [6.07, 6.45) is 3.77. The van der Waals surface area contributed by atoms with Crippen molar-refractivity contribution in [1.29, 1.82) is 0 Å². The average molecular weight is 231 g/mol. The van der Waals surface area contributed by atoms with Gasteiger partial charge in [0, 0.05) is 6.04 Å². The maximum atomic E-state index is 3.75. The number of aryl methyl sites for hydroxylation is 1. The first-order valence-electron chi connectivity index (χ1n) is 7.05. The fraction of sp³-hybridized carbons (Fsp3) is 0.625. The minimum atomic E-state index is 0.545. The van der Waals surface area contributed by atoms with Crippen LogP contribution in [-0.4, -0.2) is 6.54 Å². The molecule has 1 aliphatic carbocycles. The maximum Gasteiger partial charge on any atom is 0.0351 e. The first kappa shape index (κ1) is 12.6. The normalized spacial score (nSPS) is 28.5. The molecule has 0 bridgehead atoms. The molecular formula is C16H25N. The summed E-state index contributed by atoms with van der Waals surface area (Å²) in [5.74, 6) is 1.53. The highest BCUT2D eigenvalue weighted by molar-refractivity contribution is 5.32. The van der Waals surface area contributed by atoms with Gasteiger partial charge in [0.1, 0.15) is 0 Å². The van der Waals surface area contributed by atoms with E-state index in [-0.39, 0.29) is 0 Å². The molecule has 94 valence electrons. The first-order valence-corrected chi connectivity index (χ1v) is 7.05. The molecule has 0 aromatic heterocycles. The Morgan fingerprint density at radius 1 is 1.24 bits per heavy atom. The van der Waals surface area contributed by atoms with Crippen LogP contribution in [0.1, 0.15) is 50.8 Å². The van der Waals surface area contributed by atoms with E-state index < -0.39 is 0 Å². The molecule has 0 aliphatic heterocycles. The molecule has 1 aliphatic rings. The highest BCUT2D eigenvalue weighted by atomic mass is 14.9. The Labute approximate surface area is 106 Å². The molecule has 3 atom stereocenters. The van der Waals surface area contributed by atoms with Gasteiger partial charge in [-0.25, -0.2) is 0 Å². The summed E-state index contributed by atoms with van der Waals surface area (Å²) >= 11 is 0. The summed E-state index contributed by atoms with van der Waals surface area (Å²) in [5.41, 5.74) is 3.09. The number of rotatable bonds is 3. The van der Waals surface area contributed by atoms with Crippen molar-refractivity contribution in [3.63, 3.8) is 0 Å². The fourth-order valence-corrected chi connectivity index (χ4v) is 2.92. The van der Waals surface area contributed by atoms with Gasteiger partial charge in [-0.2, -0.15) is 0 Å². The van der Waals surface area contributed by atoms with Gasteiger partial charge >= 0.3 is 0 Å². The fourth-order valence-electron chi connectivity index (χ4n) is 2.92. The Morgan fingerprint density at radius 2 is 2.00 bits per heavy atom. The summed E-state index contributed by atoms with van der Waals surface area (Å²) in [6, 6.07) is 9.53. The molecule has 2 rings (SSSR count). The van der Waals surface area contributed by atoms with Crippen LogP contribution in [0, 0.1) is 11.8 Å². The molecule has 0 fully saturated rings. The quantitative estimate of drug-likeness (QED) is 0.777. The van der Waals surface area contributed by atoms with Crippen LogP contribution in [0.3, 0.4) is 0 Å². The van der Waals surface area contributed by atoms with Gasteiger partial charge in [0.15, 0.2) is 0 Å². The highest BCUT2D eigenvalue weighted by Crippen LogP contribution is 2.36. The lowest BCUT2D eigenvalue weighted by Crippen LogP contribution is -2.30. The van der Waals surface area contributed by atoms with Gasteiger partial charge in [0.2, 0.25) is 0 Å². The van der Waals surface area contributed by atoms with E-state index in [1.54, 1.807) is 5.56 Å². The smallest absolute Gasteiger partial charge is 0.0351 e. The van der Waals surface area contributed by atoms with Crippen LogP contribution in [0.2, 0.25) is 0 Å². The van der Waals surface area contributed by atoms with Gasteiger partial charge in [-0.05, 0) is 48.8 Å². The molecule has 0 spiro atoms. The number of hydrogen-bond acceptors (Lipinski definition) is 1. The van der Waals surface area contributed by atoms with Crippen molar-refractivity contribution in [3.8, 4) is 0 Å². The number of hydrogen-bond donors (Lipinski definition) is 1. The number of nitrogens with one attached hydrogen (secondary N) is 1. The molecule has 1 N–H and O–H groups in total. The second-order valence-electron chi connectivity index (χ2n) is 5.51. The molecule has 17 heavy (non-hydrogen) atoms. The SMILES string of the molecule is CCCNC1c2ccccc2CCC(C)C1C. The number of benzene rings is 1. The van der Waals surface area contributed by atoms with Crippen LogP contribution >= 0.6 is 0 Å². The van der Waals surface area contributed by atoms with Crippen LogP contribution in [0.5, 0.6) is 0 Å². The zero-order valence-corrected chi connectivity index (χ0v) is 11.4. The molecule has 1 aromatic rings. The Bertz CT molecular complexity index is 358. The largest absolute Gasteiger partial charge is 0.310 e. The van der Waals surface area contributed by atoms with Gasteiger partial charge in [0.25, 0.3) is 0 Å². The summed E-state index contributed by atoms with van der Waals surface area (Å²) in [4.78, 5) is 0. The molecular weight excluding hydrogens is 206 g/mol. The van der Waals surface area contributed by atoms with E-state index in [4.69, 9.17) is 0 Å². The zero-order valence-electron chi connectivity index (χ0n) is 11.4. The summed E-state index contributed by atoms with van der Waals surface area (Å²) < 4.78 is 0. The monoisotopic (exact) mass is 231 g/mol. The zero-order chi connectivity index (χ0) is 12.3. The molecule has 1 aromatic carbocycles. The maximum absolute atomic E-state index is 3.75. The topological polar surface area (TPSA) is 12.0 Å². The van der Waals surface area contributed by atoms with Crippen molar-refractivity contribution < 1.29 is 0 Å². The lowest BCUT2D eigenvalue weighted by molar-refractivity contribution is 0.286. The molecule has 1 nitrogen and oxygen atoms in total. The average Bonchev–Trinajstić information content (AvgIpc) is 2.47. The van der Waals surface area contributed by atoms with Crippen molar-refractivity contribution in [1.82, 2.24) is 5.32 Å². The molecule has 1 heteroatoms. The standard InChI is InChI=1S/C16H25N/c1-4-11-17-16-13(3)12(2)9-10-14-7-5-6-8-15(14)16/h5-8,12-13,16-17H,4,9-11H2,1-3H3. The van der Waals surface area contributed by atoms with E-state index in [9.17, 15) is 0 Å². The summed E-state index contributed by atoms with van der Waals surface area (Å²) in [7, 11) is 0. The third kappa shape index (κ3) is 2.71. The molecule has 0 radical (unpaired) electrons. The Morgan fingerprint density at radius 3 is 2.76 bits per heavy atom. The molecule has 0 heterocycles. The molecule has 0 saturated heterocycles. The Kier molecular flexibility index (Phi) is 4.22. The number of fused-ring (bicyclic) bond motifs is 1. The van der Waals surface area contributed by atoms with Crippen LogP contribution in [0.25, 0.3) is 0 Å². The van der Waals surface area contributed by atoms with Gasteiger partial charge in [0.05, 0.1) is 0 Å². The van der Waals surface area contributed by atoms with Crippen LogP contribution in [0.15, 0.2) is 24.3 Å². The highest BCUT2D eigenvalue weighted by Gasteiger charge is 2.28. The minimum absolute atomic E-state index is 0.545. The van der Waals surface area contributed by atoms with Crippen molar-refractivity contribution >= 4 is 0 Å². The van der Waals surface area contributed by atoms with Crippen molar-refractivity contribution in [2.75, 3.05) is 6.54 Å². The second kappa shape index (κ2) is 5.68. The molecule has 3 unspecified atom stereocenters. The van der Waals surface area contributed by atoms with Crippen LogP contribution < -0.4 is 5.32 Å². The lowest BCUT2D eigenvalue weighted by Gasteiger charge is -2.28. The predicted octanol–water partition coefficient (Wildman–Crippen LogP) is 3.95. The van der Waals surface area contributed by atoms with Gasteiger partial charge < -0.3 is 5.32 Å². The Balaban J connectivity index is 2.29. The van der Waals surface area contributed by atoms with E-state index in [0.717, 1.165) is 18.4 Å². The van der Waals surface area contributed by atoms with E-state index in [1.165, 1.54) is 24.8 Å². The molecule has 0 saturated carbocycles. The van der Waals surface area contributed by atoms with E-state index in [1.807, 2.05) is 0 Å². The predicted molar refractivity (Wildman–Crippen MR) is 74.1 cm³/mol. The van der Waals surface area contributed by atoms with Crippen LogP contribution in [-0.2, 0) is 6.42 Å². The van der Waals surface area contributed by atoms with Crippen molar-refractivity contribution in [2.45, 2.75) is 46.1 Å². The summed E-state index contributed by atoms with van der Waals surface area (Å²) in [5, 5.41) is 3.75. The second-order valence-corrected chi connectivity index (χ2v) is 5.51. The van der Waals surface area contributed by atoms with E-state index in [2.05, 4.69) is 50.4 Å².